The van der Waals surface area contributed by atoms with Gasteiger partial charge in [-0.2, -0.15) is 0 Å². The molecular weight excluding hydrogens is 342 g/mol. The lowest BCUT2D eigenvalue weighted by atomic mass is 9.75. The summed E-state index contributed by atoms with van der Waals surface area (Å²) in [6.45, 7) is 8.42. The van der Waals surface area contributed by atoms with Gasteiger partial charge < -0.3 is 20.1 Å². The molecule has 2 fully saturated rings. The molecule has 1 saturated carbocycles. The van der Waals surface area contributed by atoms with Crippen LogP contribution in [0.5, 0.6) is 5.75 Å². The summed E-state index contributed by atoms with van der Waals surface area (Å²) in [5, 5.41) is 13.0. The van der Waals surface area contributed by atoms with Crippen molar-refractivity contribution in [3.63, 3.8) is 0 Å². The van der Waals surface area contributed by atoms with Crippen LogP contribution >= 0.6 is 0 Å². The van der Waals surface area contributed by atoms with Crippen LogP contribution in [0.15, 0.2) is 18.2 Å². The molecule has 1 atom stereocenters. The van der Waals surface area contributed by atoms with Crippen molar-refractivity contribution in [1.29, 1.82) is 0 Å². The van der Waals surface area contributed by atoms with Crippen LogP contribution in [0.4, 0.5) is 0 Å². The summed E-state index contributed by atoms with van der Waals surface area (Å²) in [5.74, 6) is 1.36. The highest BCUT2D eigenvalue weighted by Crippen LogP contribution is 2.39. The summed E-state index contributed by atoms with van der Waals surface area (Å²) in [6.07, 6.45) is 2.22. The lowest BCUT2D eigenvalue weighted by Crippen LogP contribution is -2.50. The molecule has 0 bridgehead atoms. The molecule has 1 aliphatic carbocycles. The number of carbonyl (C=O) groups is 1. The van der Waals surface area contributed by atoms with E-state index in [1.54, 1.807) is 0 Å². The third-order valence-corrected chi connectivity index (χ3v) is 6.29. The molecule has 0 spiro atoms. The fourth-order valence-corrected chi connectivity index (χ4v) is 4.46. The number of benzene rings is 1. The van der Waals surface area contributed by atoms with E-state index in [-0.39, 0.29) is 18.1 Å². The van der Waals surface area contributed by atoms with Gasteiger partial charge >= 0.3 is 0 Å². The summed E-state index contributed by atoms with van der Waals surface area (Å²) < 4.78 is 5.61. The standard InChI is InChI=1S/C21H31N3O3/c1-2-23-6-8-24(9-7-23)14-20(26)22-21(17-12-18(25)13-17)16-3-4-19-15(11-16)5-10-27-19/h3-4,11,17-18,21,25H,2,5-10,12-14H2,1H3,(H,22,26)/t17?,18?,21-/m0/s1. The Balaban J connectivity index is 1.40. The molecule has 6 heteroatoms. The minimum atomic E-state index is -0.228. The van der Waals surface area contributed by atoms with Crippen LogP contribution in [-0.2, 0) is 11.2 Å². The number of nitrogens with zero attached hydrogens (tertiary/aromatic N) is 2. The molecule has 27 heavy (non-hydrogen) atoms. The van der Waals surface area contributed by atoms with E-state index in [9.17, 15) is 9.90 Å². The number of nitrogens with one attached hydrogen (secondary N) is 1. The van der Waals surface area contributed by atoms with Crippen LogP contribution in [0.25, 0.3) is 0 Å². The summed E-state index contributed by atoms with van der Waals surface area (Å²) >= 11 is 0. The number of ether oxygens (including phenoxy) is 1. The van der Waals surface area contributed by atoms with Crippen molar-refractivity contribution in [3.8, 4) is 5.75 Å². The van der Waals surface area contributed by atoms with Crippen LogP contribution in [0.1, 0.15) is 36.9 Å². The van der Waals surface area contributed by atoms with Crippen molar-refractivity contribution < 1.29 is 14.6 Å². The van der Waals surface area contributed by atoms with Gasteiger partial charge in [-0.3, -0.25) is 9.69 Å². The first kappa shape index (κ1) is 18.7. The first-order valence-electron chi connectivity index (χ1n) is 10.3. The molecule has 0 unspecified atom stereocenters. The van der Waals surface area contributed by atoms with Gasteiger partial charge in [-0.05, 0) is 48.6 Å². The van der Waals surface area contributed by atoms with Crippen molar-refractivity contribution in [2.45, 2.75) is 38.3 Å². The van der Waals surface area contributed by atoms with E-state index < -0.39 is 0 Å². The van der Waals surface area contributed by atoms with E-state index >= 15 is 0 Å². The Hall–Kier alpha value is -1.63. The smallest absolute Gasteiger partial charge is 0.234 e. The molecule has 2 heterocycles. The molecule has 3 aliphatic rings. The van der Waals surface area contributed by atoms with E-state index in [0.29, 0.717) is 12.5 Å². The van der Waals surface area contributed by atoms with Crippen molar-refractivity contribution in [2.24, 2.45) is 5.92 Å². The van der Waals surface area contributed by atoms with Gasteiger partial charge in [0.05, 0.1) is 25.3 Å². The Labute approximate surface area is 161 Å². The Morgan fingerprint density at radius 3 is 2.70 bits per heavy atom. The van der Waals surface area contributed by atoms with Crippen LogP contribution in [0.3, 0.4) is 0 Å². The first-order valence-corrected chi connectivity index (χ1v) is 10.3. The quantitative estimate of drug-likeness (QED) is 0.784. The fourth-order valence-electron chi connectivity index (χ4n) is 4.46. The number of aliphatic hydroxyl groups is 1. The minimum Gasteiger partial charge on any atom is -0.493 e. The number of fused-ring (bicyclic) bond motifs is 1. The molecule has 6 nitrogen and oxygen atoms in total. The average molecular weight is 373 g/mol. The number of rotatable bonds is 6. The highest BCUT2D eigenvalue weighted by Gasteiger charge is 2.36. The van der Waals surface area contributed by atoms with Crippen molar-refractivity contribution in [3.05, 3.63) is 29.3 Å². The van der Waals surface area contributed by atoms with Gasteiger partial charge in [-0.15, -0.1) is 0 Å². The number of aliphatic hydroxyl groups excluding tert-OH is 1. The number of hydrogen-bond acceptors (Lipinski definition) is 5. The maximum atomic E-state index is 12.8. The van der Waals surface area contributed by atoms with Crippen molar-refractivity contribution in [1.82, 2.24) is 15.1 Å². The van der Waals surface area contributed by atoms with Crippen LogP contribution in [0, 0.1) is 5.92 Å². The Kier molecular flexibility index (Phi) is 5.66. The van der Waals surface area contributed by atoms with E-state index in [1.165, 1.54) is 5.56 Å². The van der Waals surface area contributed by atoms with Gasteiger partial charge in [0.1, 0.15) is 5.75 Å². The fraction of sp³-hybridized carbons (Fsp3) is 0.667. The number of hydrogen-bond donors (Lipinski definition) is 2. The molecular formula is C21H31N3O3. The average Bonchev–Trinajstić information content (AvgIpc) is 3.12. The summed E-state index contributed by atoms with van der Waals surface area (Å²) in [6, 6.07) is 6.25. The first-order chi connectivity index (χ1) is 13.1. The maximum Gasteiger partial charge on any atom is 0.234 e. The van der Waals surface area contributed by atoms with Gasteiger partial charge in [0.25, 0.3) is 0 Å². The molecule has 2 aliphatic heterocycles. The lowest BCUT2D eigenvalue weighted by molar-refractivity contribution is -0.124. The zero-order valence-electron chi connectivity index (χ0n) is 16.2. The summed E-state index contributed by atoms with van der Waals surface area (Å²) in [5.41, 5.74) is 2.36. The van der Waals surface area contributed by atoms with E-state index in [2.05, 4.69) is 34.2 Å². The topological polar surface area (TPSA) is 65.0 Å². The predicted octanol–water partition coefficient (Wildman–Crippen LogP) is 1.19. The Morgan fingerprint density at radius 2 is 2.00 bits per heavy atom. The highest BCUT2D eigenvalue weighted by atomic mass is 16.5. The molecule has 4 rings (SSSR count). The molecule has 1 amide bonds. The Bertz CT molecular complexity index is 667. The molecule has 0 radical (unpaired) electrons. The minimum absolute atomic E-state index is 0.0243. The van der Waals surface area contributed by atoms with Gasteiger partial charge in [0.15, 0.2) is 0 Å². The van der Waals surface area contributed by atoms with Crippen molar-refractivity contribution in [2.75, 3.05) is 45.9 Å². The zero-order chi connectivity index (χ0) is 18.8. The molecule has 2 N–H and O–H groups in total. The second-order valence-electron chi connectivity index (χ2n) is 8.11. The molecule has 148 valence electrons. The van der Waals surface area contributed by atoms with E-state index in [4.69, 9.17) is 4.74 Å². The van der Waals surface area contributed by atoms with Gasteiger partial charge in [-0.25, -0.2) is 0 Å². The summed E-state index contributed by atoms with van der Waals surface area (Å²) in [4.78, 5) is 17.4. The van der Waals surface area contributed by atoms with Gasteiger partial charge in [-0.1, -0.05) is 13.0 Å². The molecule has 0 aromatic heterocycles. The number of piperazine rings is 1. The second-order valence-corrected chi connectivity index (χ2v) is 8.11. The number of amides is 1. The van der Waals surface area contributed by atoms with E-state index in [0.717, 1.165) is 69.9 Å². The lowest BCUT2D eigenvalue weighted by Gasteiger charge is -2.39. The van der Waals surface area contributed by atoms with Crippen molar-refractivity contribution >= 4 is 5.91 Å². The normalized spacial score (nSPS) is 26.7. The highest BCUT2D eigenvalue weighted by molar-refractivity contribution is 5.78. The largest absolute Gasteiger partial charge is 0.493 e. The maximum absolute atomic E-state index is 12.8. The van der Waals surface area contributed by atoms with Crippen LogP contribution in [-0.4, -0.2) is 72.8 Å². The van der Waals surface area contributed by atoms with Crippen LogP contribution in [0.2, 0.25) is 0 Å². The Morgan fingerprint density at radius 1 is 1.26 bits per heavy atom. The monoisotopic (exact) mass is 373 g/mol. The number of carbonyl (C=O) groups excluding carboxylic acids is 1. The van der Waals surface area contributed by atoms with Crippen LogP contribution < -0.4 is 10.1 Å². The predicted molar refractivity (Wildman–Crippen MR) is 104 cm³/mol. The molecule has 1 aromatic rings. The van der Waals surface area contributed by atoms with E-state index in [1.807, 2.05) is 6.07 Å². The van der Waals surface area contributed by atoms with Gasteiger partial charge in [0.2, 0.25) is 5.91 Å². The third kappa shape index (κ3) is 4.28. The summed E-state index contributed by atoms with van der Waals surface area (Å²) in [7, 11) is 0. The number of likely N-dealkylation sites (N-methyl/N-ethyl adjacent to an activating group) is 1. The second kappa shape index (κ2) is 8.17. The SMILES string of the molecule is CCN1CCN(CC(=O)N[C@@H](c2ccc3c(c2)CCO3)C2CC(O)C2)CC1. The van der Waals surface area contributed by atoms with Gasteiger partial charge in [0, 0.05) is 32.6 Å². The zero-order valence-corrected chi connectivity index (χ0v) is 16.2. The molecule has 1 saturated heterocycles. The molecule has 1 aromatic carbocycles. The third-order valence-electron chi connectivity index (χ3n) is 6.29.